The highest BCUT2D eigenvalue weighted by Crippen LogP contribution is 2.33. The smallest absolute Gasteiger partial charge is 0.219 e. The predicted molar refractivity (Wildman–Crippen MR) is 121 cm³/mol. The zero-order chi connectivity index (χ0) is 23.6. The Hall–Kier alpha value is -3.42. The number of benzene rings is 1. The van der Waals surface area contributed by atoms with Crippen LogP contribution in [0.25, 0.3) is 0 Å². The molecule has 2 heterocycles. The fraction of sp³-hybridized carbons (Fsp3) is 0.417. The van der Waals surface area contributed by atoms with Crippen molar-refractivity contribution in [2.45, 2.75) is 54.1 Å². The number of carbonyl (C=O) groups is 2. The Morgan fingerprint density at radius 3 is 2.62 bits per heavy atom. The molecule has 0 bridgehead atoms. The number of phenols is 1. The number of nitrogens with zero attached hydrogens (tertiary/aromatic N) is 2. The molecule has 1 aromatic heterocycles. The lowest BCUT2D eigenvalue weighted by atomic mass is 10.0. The van der Waals surface area contributed by atoms with Crippen LogP contribution in [0, 0.1) is 26.2 Å². The third-order valence-electron chi connectivity index (χ3n) is 5.70. The van der Waals surface area contributed by atoms with E-state index in [1.54, 1.807) is 30.9 Å². The Bertz CT molecular complexity index is 1090. The lowest BCUT2D eigenvalue weighted by Crippen LogP contribution is -2.30. The van der Waals surface area contributed by atoms with Gasteiger partial charge >= 0.3 is 0 Å². The predicted octanol–water partition coefficient (Wildman–Crippen LogP) is 3.16. The first kappa shape index (κ1) is 23.2. The van der Waals surface area contributed by atoms with Crippen molar-refractivity contribution in [1.82, 2.24) is 15.2 Å². The largest absolute Gasteiger partial charge is 0.507 e. The molecule has 0 radical (unpaired) electrons. The van der Waals surface area contributed by atoms with E-state index in [4.69, 9.17) is 10.1 Å². The second kappa shape index (κ2) is 9.38. The quantitative estimate of drug-likeness (QED) is 0.545. The molecule has 0 saturated heterocycles. The third-order valence-corrected chi connectivity index (χ3v) is 5.70. The van der Waals surface area contributed by atoms with Crippen LogP contribution in [0.5, 0.6) is 11.5 Å². The first-order valence-corrected chi connectivity index (χ1v) is 10.8. The Kier molecular flexibility index (Phi) is 6.81. The third kappa shape index (κ3) is 4.44. The molecule has 3 rings (SSSR count). The van der Waals surface area contributed by atoms with Crippen LogP contribution in [0.15, 0.2) is 12.1 Å². The van der Waals surface area contributed by atoms with Crippen molar-refractivity contribution >= 4 is 17.5 Å². The van der Waals surface area contributed by atoms with E-state index in [0.29, 0.717) is 42.0 Å². The molecule has 170 valence electrons. The molecule has 2 aromatic rings. The topological polar surface area (TPSA) is 116 Å². The van der Waals surface area contributed by atoms with Crippen molar-refractivity contribution in [3.63, 3.8) is 0 Å². The molecule has 1 amide bonds. The van der Waals surface area contributed by atoms with E-state index in [9.17, 15) is 14.7 Å². The van der Waals surface area contributed by atoms with Gasteiger partial charge < -0.3 is 20.1 Å². The van der Waals surface area contributed by atoms with Crippen molar-refractivity contribution in [2.24, 2.45) is 0 Å². The van der Waals surface area contributed by atoms with Gasteiger partial charge in [-0.2, -0.15) is 0 Å². The molecule has 1 aromatic carbocycles. The monoisotopic (exact) mass is 438 g/mol. The van der Waals surface area contributed by atoms with E-state index >= 15 is 0 Å². The van der Waals surface area contributed by atoms with E-state index in [0.717, 1.165) is 22.6 Å². The average Bonchev–Trinajstić information content (AvgIpc) is 3.07. The van der Waals surface area contributed by atoms with Gasteiger partial charge in [0.25, 0.3) is 0 Å². The minimum absolute atomic E-state index is 0.0165. The number of nitrogens with one attached hydrogen (secondary N) is 2. The Morgan fingerprint density at radius 2 is 1.97 bits per heavy atom. The zero-order valence-electron chi connectivity index (χ0n) is 19.3. The lowest BCUT2D eigenvalue weighted by Gasteiger charge is -2.17. The second-order valence-electron chi connectivity index (χ2n) is 7.97. The number of hydrogen-bond acceptors (Lipinski definition) is 6. The van der Waals surface area contributed by atoms with Gasteiger partial charge in [0.15, 0.2) is 5.78 Å². The molecule has 3 N–H and O–H groups in total. The number of aromatic hydroxyl groups is 1. The molecule has 1 aliphatic rings. The number of amidine groups is 1. The number of amides is 1. The van der Waals surface area contributed by atoms with Crippen LogP contribution >= 0.6 is 0 Å². The van der Waals surface area contributed by atoms with Crippen LogP contribution in [0.2, 0.25) is 0 Å². The standard InChI is InChI=1S/C24H30N4O4/c1-6-20(30)26-10-17-9-16(8-13(3)22(17)31)19(29)12-28-11-18-14(4)23(32-7-2)15(5)27-21(18)24(28)25/h8-9,25,31H,6-7,10-12H2,1-5H3,(H,26,30). The zero-order valence-corrected chi connectivity index (χ0v) is 19.3. The number of rotatable bonds is 8. The van der Waals surface area contributed by atoms with Crippen LogP contribution in [-0.2, 0) is 17.9 Å². The highest BCUT2D eigenvalue weighted by molar-refractivity contribution is 6.04. The lowest BCUT2D eigenvalue weighted by molar-refractivity contribution is -0.120. The van der Waals surface area contributed by atoms with Crippen LogP contribution in [-0.4, -0.2) is 45.7 Å². The summed E-state index contributed by atoms with van der Waals surface area (Å²) in [5.74, 6) is 0.714. The summed E-state index contributed by atoms with van der Waals surface area (Å²) < 4.78 is 5.73. The molecule has 8 heteroatoms. The number of hydrogen-bond donors (Lipinski definition) is 3. The molecule has 8 nitrogen and oxygen atoms in total. The Morgan fingerprint density at radius 1 is 1.25 bits per heavy atom. The van der Waals surface area contributed by atoms with Gasteiger partial charge in [-0.1, -0.05) is 6.92 Å². The van der Waals surface area contributed by atoms with Gasteiger partial charge in [0.1, 0.15) is 23.0 Å². The van der Waals surface area contributed by atoms with Crippen molar-refractivity contribution in [3.05, 3.63) is 51.3 Å². The van der Waals surface area contributed by atoms with Gasteiger partial charge in [-0.3, -0.25) is 15.0 Å². The van der Waals surface area contributed by atoms with E-state index in [1.807, 2.05) is 20.8 Å². The van der Waals surface area contributed by atoms with Crippen molar-refractivity contribution in [1.29, 1.82) is 5.41 Å². The number of aryl methyl sites for hydroxylation is 2. The summed E-state index contributed by atoms with van der Waals surface area (Å²) in [6.07, 6.45) is 0.341. The van der Waals surface area contributed by atoms with Crippen LogP contribution < -0.4 is 10.1 Å². The van der Waals surface area contributed by atoms with Crippen molar-refractivity contribution in [2.75, 3.05) is 13.2 Å². The van der Waals surface area contributed by atoms with Gasteiger partial charge in [0, 0.05) is 41.8 Å². The van der Waals surface area contributed by atoms with E-state index in [1.165, 1.54) is 0 Å². The molecule has 1 aliphatic heterocycles. The second-order valence-corrected chi connectivity index (χ2v) is 7.97. The first-order chi connectivity index (χ1) is 15.2. The molecule has 0 fully saturated rings. The fourth-order valence-corrected chi connectivity index (χ4v) is 3.90. The van der Waals surface area contributed by atoms with Gasteiger partial charge in [0.05, 0.1) is 18.8 Å². The Labute approximate surface area is 188 Å². The number of ether oxygens (including phenoxy) is 1. The van der Waals surface area contributed by atoms with E-state index in [-0.39, 0.29) is 36.4 Å². The summed E-state index contributed by atoms with van der Waals surface area (Å²) in [5.41, 5.74) is 4.65. The van der Waals surface area contributed by atoms with E-state index in [2.05, 4.69) is 10.3 Å². The molecule has 0 saturated carbocycles. The number of Topliss-reactive ketones (excluding diaryl/α,β-unsaturated/α-hetero) is 1. The van der Waals surface area contributed by atoms with Crippen LogP contribution in [0.4, 0.5) is 0 Å². The highest BCUT2D eigenvalue weighted by Gasteiger charge is 2.31. The summed E-state index contributed by atoms with van der Waals surface area (Å²) >= 11 is 0. The summed E-state index contributed by atoms with van der Waals surface area (Å²) in [6.45, 7) is 10.3. The Balaban J connectivity index is 1.81. The molecular formula is C24H30N4O4. The molecular weight excluding hydrogens is 408 g/mol. The van der Waals surface area contributed by atoms with Crippen molar-refractivity contribution in [3.8, 4) is 11.5 Å². The highest BCUT2D eigenvalue weighted by atomic mass is 16.5. The van der Waals surface area contributed by atoms with Crippen LogP contribution in [0.3, 0.4) is 0 Å². The van der Waals surface area contributed by atoms with Gasteiger partial charge in [0.2, 0.25) is 5.91 Å². The number of carbonyl (C=O) groups excluding carboxylic acids is 2. The molecule has 0 atom stereocenters. The van der Waals surface area contributed by atoms with E-state index < -0.39 is 0 Å². The van der Waals surface area contributed by atoms with Crippen LogP contribution in [0.1, 0.15) is 64.3 Å². The molecule has 0 unspecified atom stereocenters. The molecule has 32 heavy (non-hydrogen) atoms. The SMILES string of the molecule is CCOc1c(C)nc2c(c1C)CN(CC(=O)c1cc(C)c(O)c(CNC(=O)CC)c1)C2=N. The van der Waals surface area contributed by atoms with Gasteiger partial charge in [-0.15, -0.1) is 0 Å². The summed E-state index contributed by atoms with van der Waals surface area (Å²) in [5, 5.41) is 21.6. The maximum atomic E-state index is 13.1. The van der Waals surface area contributed by atoms with Gasteiger partial charge in [-0.05, 0) is 45.4 Å². The fourth-order valence-electron chi connectivity index (χ4n) is 3.90. The minimum atomic E-state index is -0.173. The summed E-state index contributed by atoms with van der Waals surface area (Å²) in [4.78, 5) is 30.9. The average molecular weight is 439 g/mol. The van der Waals surface area contributed by atoms with Crippen molar-refractivity contribution < 1.29 is 19.4 Å². The normalized spacial score (nSPS) is 12.7. The number of pyridine rings is 1. The first-order valence-electron chi connectivity index (χ1n) is 10.8. The molecule has 0 spiro atoms. The maximum absolute atomic E-state index is 13.1. The number of aromatic nitrogens is 1. The minimum Gasteiger partial charge on any atom is -0.507 e. The number of ketones is 1. The number of phenolic OH excluding ortho intramolecular Hbond substituents is 1. The van der Waals surface area contributed by atoms with Gasteiger partial charge in [-0.25, -0.2) is 4.98 Å². The summed E-state index contributed by atoms with van der Waals surface area (Å²) in [7, 11) is 0. The summed E-state index contributed by atoms with van der Waals surface area (Å²) in [6, 6.07) is 3.24. The number of fused-ring (bicyclic) bond motifs is 1. The maximum Gasteiger partial charge on any atom is 0.219 e. The molecule has 0 aliphatic carbocycles.